The molecule has 1 aliphatic rings. The van der Waals surface area contributed by atoms with Crippen LogP contribution in [0.4, 0.5) is 0 Å². The van der Waals surface area contributed by atoms with Crippen LogP contribution in [-0.4, -0.2) is 42.0 Å². The van der Waals surface area contributed by atoms with E-state index in [-0.39, 0.29) is 24.3 Å². The van der Waals surface area contributed by atoms with Crippen LogP contribution in [0.2, 0.25) is 0 Å². The van der Waals surface area contributed by atoms with Crippen LogP contribution in [0.5, 0.6) is 11.5 Å². The predicted octanol–water partition coefficient (Wildman–Crippen LogP) is 4.95. The van der Waals surface area contributed by atoms with Crippen molar-refractivity contribution in [2.45, 2.75) is 58.2 Å². The first kappa shape index (κ1) is 26.3. The summed E-state index contributed by atoms with van der Waals surface area (Å²) in [6.07, 6.45) is 2.10. The van der Waals surface area contributed by atoms with E-state index in [1.165, 1.54) is 0 Å². The highest BCUT2D eigenvalue weighted by Crippen LogP contribution is 2.31. The van der Waals surface area contributed by atoms with Crippen molar-refractivity contribution < 1.29 is 19.1 Å². The highest BCUT2D eigenvalue weighted by Gasteiger charge is 2.30. The van der Waals surface area contributed by atoms with Crippen LogP contribution >= 0.6 is 0 Å². The van der Waals surface area contributed by atoms with Gasteiger partial charge in [0.05, 0.1) is 0 Å². The molecule has 1 N–H and O–H groups in total. The molecule has 0 spiro atoms. The van der Waals surface area contributed by atoms with Crippen molar-refractivity contribution >= 4 is 11.8 Å². The van der Waals surface area contributed by atoms with Crippen molar-refractivity contribution in [3.63, 3.8) is 0 Å². The maximum Gasteiger partial charge on any atom is 0.243 e. The smallest absolute Gasteiger partial charge is 0.243 e. The molecule has 1 heterocycles. The van der Waals surface area contributed by atoms with E-state index in [0.717, 1.165) is 28.9 Å². The molecule has 4 rings (SSSR count). The zero-order valence-electron chi connectivity index (χ0n) is 21.7. The fourth-order valence-electron chi connectivity index (χ4n) is 4.41. The Balaban J connectivity index is 1.58. The first-order valence-corrected chi connectivity index (χ1v) is 13.1. The number of aryl methyl sites for hydroxylation is 1. The number of benzene rings is 3. The number of carbonyl (C=O) groups is 2. The van der Waals surface area contributed by atoms with Crippen molar-refractivity contribution in [3.05, 3.63) is 95.6 Å². The van der Waals surface area contributed by atoms with Crippen LogP contribution in [0.25, 0.3) is 0 Å². The maximum absolute atomic E-state index is 13.8. The summed E-state index contributed by atoms with van der Waals surface area (Å²) in [6.45, 7) is 5.46. The van der Waals surface area contributed by atoms with Crippen molar-refractivity contribution in [3.8, 4) is 11.5 Å². The van der Waals surface area contributed by atoms with Gasteiger partial charge in [-0.3, -0.25) is 9.59 Å². The molecule has 0 aliphatic carbocycles. The third-order valence-electron chi connectivity index (χ3n) is 6.70. The van der Waals surface area contributed by atoms with E-state index in [4.69, 9.17) is 9.47 Å². The van der Waals surface area contributed by atoms with Crippen LogP contribution in [-0.2, 0) is 29.0 Å². The molecular formula is C31H36N2O4. The highest BCUT2D eigenvalue weighted by atomic mass is 16.6. The summed E-state index contributed by atoms with van der Waals surface area (Å²) >= 11 is 0. The monoisotopic (exact) mass is 500 g/mol. The summed E-state index contributed by atoms with van der Waals surface area (Å²) in [5.74, 6) is 1.27. The molecule has 6 nitrogen and oxygen atoms in total. The standard InChI is InChI=1S/C31H36N2O4/c1-3-23(2)32-31(35)27(20-24-10-6-4-7-11-24)33(22-26-12-8-5-9-13-26)30(34)17-15-25-14-16-28-29(21-25)37-19-18-36-28/h4-14,16,21,23,27H,3,15,17-20,22H2,1-2H3,(H,32,35)/t23-,27+/m1/s1. The fourth-order valence-corrected chi connectivity index (χ4v) is 4.41. The van der Waals surface area contributed by atoms with E-state index in [2.05, 4.69) is 5.32 Å². The first-order chi connectivity index (χ1) is 18.0. The second kappa shape index (κ2) is 12.9. The number of nitrogens with zero attached hydrogens (tertiary/aromatic N) is 1. The molecular weight excluding hydrogens is 464 g/mol. The second-order valence-electron chi connectivity index (χ2n) is 9.51. The molecule has 2 atom stereocenters. The average Bonchev–Trinajstić information content (AvgIpc) is 2.94. The van der Waals surface area contributed by atoms with Gasteiger partial charge in [0.2, 0.25) is 11.8 Å². The van der Waals surface area contributed by atoms with E-state index in [0.29, 0.717) is 38.3 Å². The number of fused-ring (bicyclic) bond motifs is 1. The number of hydrogen-bond donors (Lipinski definition) is 1. The van der Waals surface area contributed by atoms with Gasteiger partial charge in [0.15, 0.2) is 11.5 Å². The Kier molecular flexibility index (Phi) is 9.19. The summed E-state index contributed by atoms with van der Waals surface area (Å²) < 4.78 is 11.3. The number of hydrogen-bond acceptors (Lipinski definition) is 4. The van der Waals surface area contributed by atoms with Gasteiger partial charge >= 0.3 is 0 Å². The van der Waals surface area contributed by atoms with Gasteiger partial charge in [0.25, 0.3) is 0 Å². The van der Waals surface area contributed by atoms with Crippen LogP contribution < -0.4 is 14.8 Å². The minimum atomic E-state index is -0.621. The van der Waals surface area contributed by atoms with Crippen molar-refractivity contribution in [2.75, 3.05) is 13.2 Å². The van der Waals surface area contributed by atoms with E-state index in [9.17, 15) is 9.59 Å². The van der Waals surface area contributed by atoms with E-state index in [1.54, 1.807) is 4.90 Å². The van der Waals surface area contributed by atoms with Crippen molar-refractivity contribution in [1.29, 1.82) is 0 Å². The first-order valence-electron chi connectivity index (χ1n) is 13.1. The number of ether oxygens (including phenoxy) is 2. The molecule has 37 heavy (non-hydrogen) atoms. The number of carbonyl (C=O) groups excluding carboxylic acids is 2. The minimum absolute atomic E-state index is 0.0252. The van der Waals surface area contributed by atoms with Crippen molar-refractivity contribution in [2.24, 2.45) is 0 Å². The summed E-state index contributed by atoms with van der Waals surface area (Å²) in [4.78, 5) is 29.1. The summed E-state index contributed by atoms with van der Waals surface area (Å²) in [7, 11) is 0. The van der Waals surface area contributed by atoms with Gasteiger partial charge in [-0.2, -0.15) is 0 Å². The lowest BCUT2D eigenvalue weighted by atomic mass is 10.0. The van der Waals surface area contributed by atoms with Crippen LogP contribution in [0, 0.1) is 0 Å². The molecule has 3 aromatic carbocycles. The lowest BCUT2D eigenvalue weighted by Gasteiger charge is -2.32. The molecule has 0 fully saturated rings. The van der Waals surface area contributed by atoms with Gasteiger partial charge in [0.1, 0.15) is 19.3 Å². The van der Waals surface area contributed by atoms with Gasteiger partial charge in [-0.25, -0.2) is 0 Å². The summed E-state index contributed by atoms with van der Waals surface area (Å²) in [6, 6.07) is 25.0. The fraction of sp³-hybridized carbons (Fsp3) is 0.355. The lowest BCUT2D eigenvalue weighted by Crippen LogP contribution is -2.52. The van der Waals surface area contributed by atoms with Crippen LogP contribution in [0.15, 0.2) is 78.9 Å². The zero-order valence-corrected chi connectivity index (χ0v) is 21.7. The Morgan fingerprint density at radius 1 is 0.865 bits per heavy atom. The molecule has 0 radical (unpaired) electrons. The molecule has 0 unspecified atom stereocenters. The Bertz CT molecular complexity index is 1170. The normalized spacial score (nSPS) is 13.9. The molecule has 194 valence electrons. The minimum Gasteiger partial charge on any atom is -0.486 e. The average molecular weight is 501 g/mol. The Hall–Kier alpha value is -3.80. The molecule has 0 saturated carbocycles. The quantitative estimate of drug-likeness (QED) is 0.405. The van der Waals surface area contributed by atoms with Gasteiger partial charge in [-0.15, -0.1) is 0 Å². The zero-order chi connectivity index (χ0) is 26.0. The summed E-state index contributed by atoms with van der Waals surface area (Å²) in [5.41, 5.74) is 3.01. The van der Waals surface area contributed by atoms with Crippen molar-refractivity contribution in [1.82, 2.24) is 10.2 Å². The Labute approximate surface area is 219 Å². The molecule has 0 aromatic heterocycles. The SMILES string of the molecule is CC[C@@H](C)NC(=O)[C@H](Cc1ccccc1)N(Cc1ccccc1)C(=O)CCc1ccc2c(c1)OCCO2. The van der Waals surface area contributed by atoms with Crippen LogP contribution in [0.1, 0.15) is 43.4 Å². The van der Waals surface area contributed by atoms with E-state index < -0.39 is 6.04 Å². The van der Waals surface area contributed by atoms with Gasteiger partial charge in [0, 0.05) is 25.4 Å². The maximum atomic E-state index is 13.8. The third kappa shape index (κ3) is 7.35. The number of amides is 2. The second-order valence-corrected chi connectivity index (χ2v) is 9.51. The topological polar surface area (TPSA) is 67.9 Å². The number of rotatable bonds is 11. The highest BCUT2D eigenvalue weighted by molar-refractivity contribution is 5.88. The molecule has 3 aromatic rings. The van der Waals surface area contributed by atoms with Gasteiger partial charge in [-0.1, -0.05) is 73.7 Å². The number of nitrogens with one attached hydrogen (secondary N) is 1. The van der Waals surface area contributed by atoms with Gasteiger partial charge in [-0.05, 0) is 48.6 Å². The molecule has 6 heteroatoms. The van der Waals surface area contributed by atoms with E-state index in [1.807, 2.05) is 92.7 Å². The largest absolute Gasteiger partial charge is 0.486 e. The van der Waals surface area contributed by atoms with Gasteiger partial charge < -0.3 is 19.7 Å². The Morgan fingerprint density at radius 2 is 1.51 bits per heavy atom. The Morgan fingerprint density at radius 3 is 2.19 bits per heavy atom. The molecule has 2 amide bonds. The third-order valence-corrected chi connectivity index (χ3v) is 6.70. The predicted molar refractivity (Wildman–Crippen MR) is 145 cm³/mol. The summed E-state index contributed by atoms with van der Waals surface area (Å²) in [5, 5.41) is 3.12. The molecule has 0 saturated heterocycles. The van der Waals surface area contributed by atoms with Crippen LogP contribution in [0.3, 0.4) is 0 Å². The lowest BCUT2D eigenvalue weighted by molar-refractivity contribution is -0.141. The molecule has 1 aliphatic heterocycles. The van der Waals surface area contributed by atoms with E-state index >= 15 is 0 Å². The molecule has 0 bridgehead atoms.